The number of aromatic nitrogens is 3. The highest BCUT2D eigenvalue weighted by Gasteiger charge is 2.31. The maximum absolute atomic E-state index is 12.3. The summed E-state index contributed by atoms with van der Waals surface area (Å²) in [5.41, 5.74) is 0. The van der Waals surface area contributed by atoms with Gasteiger partial charge in [0, 0.05) is 38.1 Å². The summed E-state index contributed by atoms with van der Waals surface area (Å²) in [6.07, 6.45) is 6.57. The van der Waals surface area contributed by atoms with Crippen molar-refractivity contribution in [1.82, 2.24) is 30.3 Å². The molecule has 9 nitrogen and oxygen atoms in total. The predicted octanol–water partition coefficient (Wildman–Crippen LogP) is -0.00510. The standard InChI is InChI=1S/C16H26N6O3/c23-15(17-4-1-5-21-11-18-19-12-21)13-2-3-14(10-13)20-16(24)22-6-8-25-9-7-22/h11-14H,1-10H2,(H,17,23)(H,20,24)/t13-,14+/m0/s1. The van der Waals surface area contributed by atoms with Gasteiger partial charge in [-0.2, -0.15) is 0 Å². The van der Waals surface area contributed by atoms with Crippen LogP contribution in [0.2, 0.25) is 0 Å². The second kappa shape index (κ2) is 8.80. The first-order valence-corrected chi connectivity index (χ1v) is 8.95. The van der Waals surface area contributed by atoms with Gasteiger partial charge in [0.1, 0.15) is 12.7 Å². The Balaban J connectivity index is 1.32. The van der Waals surface area contributed by atoms with Crippen LogP contribution >= 0.6 is 0 Å². The first-order valence-electron chi connectivity index (χ1n) is 8.95. The summed E-state index contributed by atoms with van der Waals surface area (Å²) in [6.45, 7) is 3.88. The summed E-state index contributed by atoms with van der Waals surface area (Å²) in [5, 5.41) is 13.5. The smallest absolute Gasteiger partial charge is 0.317 e. The van der Waals surface area contributed by atoms with Crippen molar-refractivity contribution in [3.63, 3.8) is 0 Å². The topological polar surface area (TPSA) is 101 Å². The first-order chi connectivity index (χ1) is 12.2. The van der Waals surface area contributed by atoms with Gasteiger partial charge in [-0.05, 0) is 25.7 Å². The lowest BCUT2D eigenvalue weighted by Gasteiger charge is -2.28. The minimum atomic E-state index is -0.0386. The van der Waals surface area contributed by atoms with Crippen LogP contribution in [0.15, 0.2) is 12.7 Å². The van der Waals surface area contributed by atoms with Crippen LogP contribution in [-0.4, -0.2) is 70.5 Å². The molecule has 3 amide bonds. The summed E-state index contributed by atoms with van der Waals surface area (Å²) in [5.74, 6) is 0.0804. The third-order valence-corrected chi connectivity index (χ3v) is 4.79. The van der Waals surface area contributed by atoms with Gasteiger partial charge in [-0.25, -0.2) is 4.79 Å². The van der Waals surface area contributed by atoms with Crippen molar-refractivity contribution in [3.05, 3.63) is 12.7 Å². The van der Waals surface area contributed by atoms with Gasteiger partial charge in [-0.1, -0.05) is 0 Å². The highest BCUT2D eigenvalue weighted by Crippen LogP contribution is 2.25. The predicted molar refractivity (Wildman–Crippen MR) is 89.7 cm³/mol. The van der Waals surface area contributed by atoms with E-state index in [2.05, 4.69) is 20.8 Å². The number of hydrogen-bond acceptors (Lipinski definition) is 5. The Morgan fingerprint density at radius 3 is 2.68 bits per heavy atom. The van der Waals surface area contributed by atoms with Crippen molar-refractivity contribution in [2.45, 2.75) is 38.3 Å². The fourth-order valence-corrected chi connectivity index (χ4v) is 3.34. The maximum Gasteiger partial charge on any atom is 0.317 e. The average Bonchev–Trinajstić information content (AvgIpc) is 3.31. The van der Waals surface area contributed by atoms with Crippen LogP contribution in [-0.2, 0) is 16.1 Å². The third-order valence-electron chi connectivity index (χ3n) is 4.79. The number of amides is 3. The van der Waals surface area contributed by atoms with Crippen LogP contribution in [0.25, 0.3) is 0 Å². The second-order valence-electron chi connectivity index (χ2n) is 6.60. The zero-order valence-electron chi connectivity index (χ0n) is 14.4. The van der Waals surface area contributed by atoms with E-state index in [1.54, 1.807) is 17.6 Å². The number of urea groups is 1. The number of nitrogens with one attached hydrogen (secondary N) is 2. The van der Waals surface area contributed by atoms with Crippen molar-refractivity contribution in [2.75, 3.05) is 32.8 Å². The lowest BCUT2D eigenvalue weighted by Crippen LogP contribution is -2.48. The Morgan fingerprint density at radius 1 is 1.16 bits per heavy atom. The summed E-state index contributed by atoms with van der Waals surface area (Å²) in [4.78, 5) is 26.2. The Labute approximate surface area is 147 Å². The molecule has 0 bridgehead atoms. The number of aryl methyl sites for hydroxylation is 1. The zero-order valence-corrected chi connectivity index (χ0v) is 14.4. The van der Waals surface area contributed by atoms with Crippen LogP contribution in [0.4, 0.5) is 4.79 Å². The Morgan fingerprint density at radius 2 is 1.92 bits per heavy atom. The van der Waals surface area contributed by atoms with E-state index in [1.165, 1.54) is 0 Å². The van der Waals surface area contributed by atoms with Gasteiger partial charge in [0.25, 0.3) is 0 Å². The van der Waals surface area contributed by atoms with E-state index >= 15 is 0 Å². The zero-order chi connectivity index (χ0) is 17.5. The van der Waals surface area contributed by atoms with Gasteiger partial charge in [-0.15, -0.1) is 10.2 Å². The van der Waals surface area contributed by atoms with E-state index < -0.39 is 0 Å². The molecule has 138 valence electrons. The molecule has 2 heterocycles. The fraction of sp³-hybridized carbons (Fsp3) is 0.750. The highest BCUT2D eigenvalue weighted by molar-refractivity contribution is 5.79. The molecule has 2 fully saturated rings. The van der Waals surface area contributed by atoms with Crippen molar-refractivity contribution < 1.29 is 14.3 Å². The molecule has 2 atom stereocenters. The van der Waals surface area contributed by atoms with Crippen LogP contribution in [0, 0.1) is 5.92 Å². The average molecular weight is 350 g/mol. The lowest BCUT2D eigenvalue weighted by atomic mass is 10.1. The van der Waals surface area contributed by atoms with Gasteiger partial charge >= 0.3 is 6.03 Å². The van der Waals surface area contributed by atoms with Crippen LogP contribution in [0.1, 0.15) is 25.7 Å². The minimum Gasteiger partial charge on any atom is -0.378 e. The molecule has 2 aliphatic rings. The molecule has 0 radical (unpaired) electrons. The molecule has 1 saturated heterocycles. The van der Waals surface area contributed by atoms with E-state index in [1.807, 2.05) is 4.57 Å². The molecule has 1 aliphatic carbocycles. The maximum atomic E-state index is 12.3. The van der Waals surface area contributed by atoms with Gasteiger partial charge in [0.2, 0.25) is 5.91 Å². The van der Waals surface area contributed by atoms with Gasteiger partial charge in [0.15, 0.2) is 0 Å². The summed E-state index contributed by atoms with van der Waals surface area (Å²) in [7, 11) is 0. The number of rotatable bonds is 6. The monoisotopic (exact) mass is 350 g/mol. The number of morpholine rings is 1. The number of carbonyl (C=O) groups excluding carboxylic acids is 2. The lowest BCUT2D eigenvalue weighted by molar-refractivity contribution is -0.124. The van der Waals surface area contributed by atoms with Crippen molar-refractivity contribution in [1.29, 1.82) is 0 Å². The second-order valence-corrected chi connectivity index (χ2v) is 6.60. The Hall–Kier alpha value is -2.16. The molecule has 0 aromatic carbocycles. The number of nitrogens with zero attached hydrogens (tertiary/aromatic N) is 4. The highest BCUT2D eigenvalue weighted by atomic mass is 16.5. The molecular weight excluding hydrogens is 324 g/mol. The summed E-state index contributed by atoms with van der Waals surface area (Å²) < 4.78 is 7.14. The number of ether oxygens (including phenoxy) is 1. The minimum absolute atomic E-state index is 0.00935. The Bertz CT molecular complexity index is 558. The van der Waals surface area contributed by atoms with Crippen molar-refractivity contribution >= 4 is 11.9 Å². The molecule has 1 aromatic rings. The molecule has 2 N–H and O–H groups in total. The fourth-order valence-electron chi connectivity index (χ4n) is 3.34. The number of carbonyl (C=O) groups is 2. The van der Waals surface area contributed by atoms with Crippen LogP contribution in [0.3, 0.4) is 0 Å². The molecule has 3 rings (SSSR count). The molecule has 1 aliphatic heterocycles. The third kappa shape index (κ3) is 5.15. The summed E-state index contributed by atoms with van der Waals surface area (Å²) in [6, 6.07) is 0.0476. The van der Waals surface area contributed by atoms with E-state index in [0.717, 1.165) is 25.8 Å². The van der Waals surface area contributed by atoms with Crippen LogP contribution in [0.5, 0.6) is 0 Å². The van der Waals surface area contributed by atoms with Crippen molar-refractivity contribution in [2.24, 2.45) is 5.92 Å². The molecule has 9 heteroatoms. The van der Waals surface area contributed by atoms with Gasteiger partial charge in [0.05, 0.1) is 13.2 Å². The number of hydrogen-bond donors (Lipinski definition) is 2. The largest absolute Gasteiger partial charge is 0.378 e. The van der Waals surface area contributed by atoms with E-state index in [0.29, 0.717) is 39.3 Å². The van der Waals surface area contributed by atoms with E-state index in [-0.39, 0.29) is 23.9 Å². The molecule has 0 unspecified atom stereocenters. The quantitative estimate of drug-likeness (QED) is 0.703. The molecule has 1 aromatic heterocycles. The summed E-state index contributed by atoms with van der Waals surface area (Å²) >= 11 is 0. The molecule has 0 spiro atoms. The van der Waals surface area contributed by atoms with E-state index in [9.17, 15) is 9.59 Å². The van der Waals surface area contributed by atoms with Crippen molar-refractivity contribution in [3.8, 4) is 0 Å². The molecule has 25 heavy (non-hydrogen) atoms. The van der Waals surface area contributed by atoms with Crippen LogP contribution < -0.4 is 10.6 Å². The Kier molecular flexibility index (Phi) is 6.21. The molecule has 1 saturated carbocycles. The van der Waals surface area contributed by atoms with E-state index in [4.69, 9.17) is 4.74 Å². The SMILES string of the molecule is O=C(NCCCn1cnnc1)[C@H]1CC[C@@H](NC(=O)N2CCOCC2)C1. The molecular formula is C16H26N6O3. The normalized spacial score (nSPS) is 23.4. The first kappa shape index (κ1) is 17.7. The van der Waals surface area contributed by atoms with Gasteiger partial charge < -0.3 is 24.8 Å². The van der Waals surface area contributed by atoms with Gasteiger partial charge in [-0.3, -0.25) is 4.79 Å².